The summed E-state index contributed by atoms with van der Waals surface area (Å²) in [4.78, 5) is 37.0. The zero-order valence-corrected chi connectivity index (χ0v) is 15.9. The molecule has 2 aromatic rings. The maximum absolute atomic E-state index is 12.8. The fraction of sp³-hybridized carbons (Fsp3) is 0.421. The Labute approximate surface area is 160 Å². The number of nitrogens with one attached hydrogen (secondary N) is 2. The Hall–Kier alpha value is -2.61. The average Bonchev–Trinajstić information content (AvgIpc) is 3.28. The average molecular weight is 390 g/mol. The first-order valence-corrected chi connectivity index (χ1v) is 9.72. The van der Waals surface area contributed by atoms with Gasteiger partial charge >= 0.3 is 5.97 Å². The second-order valence-electron chi connectivity index (χ2n) is 6.78. The lowest BCUT2D eigenvalue weighted by Crippen LogP contribution is -2.25. The molecule has 7 nitrogen and oxygen atoms in total. The van der Waals surface area contributed by atoms with Crippen molar-refractivity contribution in [3.8, 4) is 0 Å². The van der Waals surface area contributed by atoms with E-state index in [1.54, 1.807) is 25.3 Å². The van der Waals surface area contributed by atoms with Crippen molar-refractivity contribution in [3.63, 3.8) is 0 Å². The number of rotatable bonds is 8. The van der Waals surface area contributed by atoms with E-state index in [9.17, 15) is 14.4 Å². The van der Waals surface area contributed by atoms with E-state index in [1.165, 1.54) is 11.3 Å². The fourth-order valence-corrected chi connectivity index (χ4v) is 4.57. The standard InChI is InChI=1S/C19H22N2O5S/c1-11(9-16(23)24)8-15(22)21-19-17(13-5-2-6-14(13)27-19)18(25)20-10-12-4-3-7-26-12/h3-4,7,11H,2,5-6,8-10H2,1H3,(H,20,25)(H,21,22)(H,23,24)/t11-/m0/s1. The molecule has 0 radical (unpaired) electrons. The third-order valence-corrected chi connectivity index (χ3v) is 5.67. The molecule has 2 amide bonds. The van der Waals surface area contributed by atoms with E-state index in [-0.39, 0.29) is 37.1 Å². The highest BCUT2D eigenvalue weighted by Gasteiger charge is 2.27. The number of thiophene rings is 1. The van der Waals surface area contributed by atoms with E-state index in [2.05, 4.69) is 10.6 Å². The summed E-state index contributed by atoms with van der Waals surface area (Å²) in [6.07, 6.45) is 4.31. The normalized spacial score (nSPS) is 13.8. The summed E-state index contributed by atoms with van der Waals surface area (Å²) in [6, 6.07) is 3.54. The van der Waals surface area contributed by atoms with E-state index in [1.807, 2.05) is 0 Å². The van der Waals surface area contributed by atoms with Crippen molar-refractivity contribution < 1.29 is 23.9 Å². The summed E-state index contributed by atoms with van der Waals surface area (Å²) in [5, 5.41) is 15.0. The number of aryl methyl sites for hydroxylation is 1. The van der Waals surface area contributed by atoms with Crippen LogP contribution in [0, 0.1) is 5.92 Å². The van der Waals surface area contributed by atoms with Gasteiger partial charge in [0.15, 0.2) is 0 Å². The SMILES string of the molecule is C[C@H](CC(=O)O)CC(=O)Nc1sc2c(c1C(=O)NCc1ccco1)CCC2. The predicted molar refractivity (Wildman–Crippen MR) is 101 cm³/mol. The van der Waals surface area contributed by atoms with Crippen LogP contribution in [-0.2, 0) is 29.0 Å². The van der Waals surface area contributed by atoms with E-state index in [0.29, 0.717) is 16.3 Å². The van der Waals surface area contributed by atoms with Crippen molar-refractivity contribution in [2.45, 2.75) is 45.6 Å². The molecule has 0 saturated carbocycles. The zero-order valence-electron chi connectivity index (χ0n) is 15.0. The summed E-state index contributed by atoms with van der Waals surface area (Å²) in [7, 11) is 0. The molecule has 3 rings (SSSR count). The Morgan fingerprint density at radius 2 is 2.11 bits per heavy atom. The predicted octanol–water partition coefficient (Wildman–Crippen LogP) is 3.20. The molecule has 0 spiro atoms. The minimum absolute atomic E-state index is 0.0646. The minimum atomic E-state index is -0.927. The number of hydrogen-bond donors (Lipinski definition) is 3. The summed E-state index contributed by atoms with van der Waals surface area (Å²) < 4.78 is 5.23. The zero-order chi connectivity index (χ0) is 19.4. The summed E-state index contributed by atoms with van der Waals surface area (Å²) >= 11 is 1.44. The number of hydrogen-bond acceptors (Lipinski definition) is 5. The van der Waals surface area contributed by atoms with Gasteiger partial charge in [-0.25, -0.2) is 0 Å². The number of fused-ring (bicyclic) bond motifs is 1. The van der Waals surface area contributed by atoms with Gasteiger partial charge in [0.2, 0.25) is 5.91 Å². The number of carboxylic acids is 1. The lowest BCUT2D eigenvalue weighted by atomic mass is 10.0. The van der Waals surface area contributed by atoms with E-state index in [4.69, 9.17) is 9.52 Å². The molecular weight excluding hydrogens is 368 g/mol. The van der Waals surface area contributed by atoms with Crippen LogP contribution in [0.25, 0.3) is 0 Å². The van der Waals surface area contributed by atoms with E-state index >= 15 is 0 Å². The van der Waals surface area contributed by atoms with Crippen molar-refractivity contribution in [2.75, 3.05) is 5.32 Å². The molecule has 1 aliphatic rings. The maximum Gasteiger partial charge on any atom is 0.303 e. The van der Waals surface area contributed by atoms with Crippen LogP contribution in [0.1, 0.15) is 52.7 Å². The fourth-order valence-electron chi connectivity index (χ4n) is 3.27. The van der Waals surface area contributed by atoms with Crippen molar-refractivity contribution in [1.29, 1.82) is 0 Å². The Balaban J connectivity index is 1.70. The molecule has 1 aliphatic carbocycles. The first kappa shape index (κ1) is 19.2. The van der Waals surface area contributed by atoms with Crippen LogP contribution in [0.5, 0.6) is 0 Å². The quantitative estimate of drug-likeness (QED) is 0.641. The first-order chi connectivity index (χ1) is 12.9. The van der Waals surface area contributed by atoms with Crippen LogP contribution in [0.4, 0.5) is 5.00 Å². The molecule has 3 N–H and O–H groups in total. The van der Waals surface area contributed by atoms with Gasteiger partial charge in [0.25, 0.3) is 5.91 Å². The van der Waals surface area contributed by atoms with E-state index in [0.717, 1.165) is 29.7 Å². The van der Waals surface area contributed by atoms with Gasteiger partial charge in [0.05, 0.1) is 18.4 Å². The largest absolute Gasteiger partial charge is 0.481 e. The van der Waals surface area contributed by atoms with Gasteiger partial charge in [0, 0.05) is 17.7 Å². The van der Waals surface area contributed by atoms with Crippen molar-refractivity contribution in [2.24, 2.45) is 5.92 Å². The molecule has 144 valence electrons. The molecule has 8 heteroatoms. The Bertz CT molecular complexity index is 841. The van der Waals surface area contributed by atoms with Crippen molar-refractivity contribution in [1.82, 2.24) is 5.32 Å². The molecule has 2 aromatic heterocycles. The lowest BCUT2D eigenvalue weighted by molar-refractivity contribution is -0.138. The third kappa shape index (κ3) is 4.77. The van der Waals surface area contributed by atoms with Gasteiger partial charge in [-0.3, -0.25) is 14.4 Å². The maximum atomic E-state index is 12.8. The van der Waals surface area contributed by atoms with Gasteiger partial charge in [-0.2, -0.15) is 0 Å². The Kier molecular flexibility index (Phi) is 5.95. The minimum Gasteiger partial charge on any atom is -0.481 e. The number of carboxylic acid groups (broad SMARTS) is 1. The van der Waals surface area contributed by atoms with Crippen LogP contribution >= 0.6 is 11.3 Å². The van der Waals surface area contributed by atoms with Gasteiger partial charge in [0.1, 0.15) is 10.8 Å². The van der Waals surface area contributed by atoms with Crippen molar-refractivity contribution >= 4 is 34.1 Å². The first-order valence-electron chi connectivity index (χ1n) is 8.90. The second-order valence-corrected chi connectivity index (χ2v) is 7.88. The third-order valence-electron chi connectivity index (χ3n) is 4.46. The van der Waals surface area contributed by atoms with Crippen LogP contribution in [0.15, 0.2) is 22.8 Å². The van der Waals surface area contributed by atoms with Gasteiger partial charge in [-0.05, 0) is 42.9 Å². The number of amides is 2. The smallest absolute Gasteiger partial charge is 0.303 e. The van der Waals surface area contributed by atoms with Crippen LogP contribution in [0.2, 0.25) is 0 Å². The molecule has 0 fully saturated rings. The van der Waals surface area contributed by atoms with Crippen LogP contribution < -0.4 is 10.6 Å². The molecule has 0 saturated heterocycles. The molecular formula is C19H22N2O5S. The van der Waals surface area contributed by atoms with Gasteiger partial charge < -0.3 is 20.2 Å². The number of anilines is 1. The lowest BCUT2D eigenvalue weighted by Gasteiger charge is -2.11. The molecule has 1 atom stereocenters. The van der Waals surface area contributed by atoms with Crippen LogP contribution in [0.3, 0.4) is 0 Å². The Morgan fingerprint density at radius 1 is 1.30 bits per heavy atom. The molecule has 0 aromatic carbocycles. The highest BCUT2D eigenvalue weighted by Crippen LogP contribution is 2.39. The summed E-state index contributed by atoms with van der Waals surface area (Å²) in [5.41, 5.74) is 1.53. The second kappa shape index (κ2) is 8.39. The topological polar surface area (TPSA) is 109 Å². The number of aliphatic carboxylic acids is 1. The van der Waals surface area contributed by atoms with Gasteiger partial charge in [-0.15, -0.1) is 11.3 Å². The highest BCUT2D eigenvalue weighted by molar-refractivity contribution is 7.17. The van der Waals surface area contributed by atoms with Gasteiger partial charge in [-0.1, -0.05) is 6.92 Å². The molecule has 0 bridgehead atoms. The molecule has 2 heterocycles. The summed E-state index contributed by atoms with van der Waals surface area (Å²) in [6.45, 7) is 2.00. The monoisotopic (exact) mass is 390 g/mol. The molecule has 27 heavy (non-hydrogen) atoms. The Morgan fingerprint density at radius 3 is 2.81 bits per heavy atom. The summed E-state index contributed by atoms with van der Waals surface area (Å²) in [5.74, 6) is -1.05. The molecule has 0 unspecified atom stereocenters. The van der Waals surface area contributed by atoms with E-state index < -0.39 is 5.97 Å². The number of furan rings is 1. The highest BCUT2D eigenvalue weighted by atomic mass is 32.1. The molecule has 0 aliphatic heterocycles. The van der Waals surface area contributed by atoms with Crippen LogP contribution in [-0.4, -0.2) is 22.9 Å². The number of carbonyl (C=O) groups is 3. The number of carbonyl (C=O) groups excluding carboxylic acids is 2. The van der Waals surface area contributed by atoms with Crippen molar-refractivity contribution in [3.05, 3.63) is 40.2 Å².